The lowest BCUT2D eigenvalue weighted by molar-refractivity contribution is -0.117. The second kappa shape index (κ2) is 7.46. The Morgan fingerprint density at radius 3 is 2.74 bits per heavy atom. The van der Waals surface area contributed by atoms with E-state index in [-0.39, 0.29) is 5.91 Å². The number of benzene rings is 1. The summed E-state index contributed by atoms with van der Waals surface area (Å²) in [6.45, 7) is 1.70. The van der Waals surface area contributed by atoms with E-state index >= 15 is 0 Å². The van der Waals surface area contributed by atoms with Crippen LogP contribution in [0.2, 0.25) is 0 Å². The summed E-state index contributed by atoms with van der Waals surface area (Å²) in [7, 11) is 0. The van der Waals surface area contributed by atoms with Gasteiger partial charge in [-0.3, -0.25) is 14.5 Å². The highest BCUT2D eigenvalue weighted by molar-refractivity contribution is 5.89. The van der Waals surface area contributed by atoms with Crippen molar-refractivity contribution in [3.63, 3.8) is 0 Å². The Labute approximate surface area is 157 Å². The number of anilines is 2. The number of fused-ring (bicyclic) bond motifs is 1. The quantitative estimate of drug-likeness (QED) is 0.773. The fraction of sp³-hybridized carbons (Fsp3) is 0.300. The van der Waals surface area contributed by atoms with Gasteiger partial charge in [0, 0.05) is 25.7 Å². The van der Waals surface area contributed by atoms with Crippen molar-refractivity contribution in [2.24, 2.45) is 5.92 Å². The average molecular weight is 360 g/mol. The maximum atomic E-state index is 12.4. The van der Waals surface area contributed by atoms with Crippen LogP contribution in [0.3, 0.4) is 0 Å². The van der Waals surface area contributed by atoms with E-state index in [0.29, 0.717) is 29.5 Å². The van der Waals surface area contributed by atoms with Gasteiger partial charge in [0.2, 0.25) is 11.9 Å². The highest BCUT2D eigenvalue weighted by atomic mass is 16.1. The van der Waals surface area contributed by atoms with Gasteiger partial charge in [-0.2, -0.15) is 5.26 Å². The molecule has 2 aromatic heterocycles. The Morgan fingerprint density at radius 2 is 1.93 bits per heavy atom. The van der Waals surface area contributed by atoms with Crippen LogP contribution in [0.15, 0.2) is 48.7 Å². The van der Waals surface area contributed by atoms with Crippen LogP contribution in [0.1, 0.15) is 24.8 Å². The van der Waals surface area contributed by atoms with Gasteiger partial charge < -0.3 is 4.90 Å². The Hall–Kier alpha value is -3.40. The van der Waals surface area contributed by atoms with Crippen molar-refractivity contribution < 1.29 is 4.79 Å². The van der Waals surface area contributed by atoms with Crippen molar-refractivity contribution in [2.45, 2.75) is 19.3 Å². The second-order valence-corrected chi connectivity index (χ2v) is 6.76. The summed E-state index contributed by atoms with van der Waals surface area (Å²) in [6, 6.07) is 15.5. The lowest BCUT2D eigenvalue weighted by Gasteiger charge is -2.33. The molecule has 3 heterocycles. The predicted molar refractivity (Wildman–Crippen MR) is 102 cm³/mol. The summed E-state index contributed by atoms with van der Waals surface area (Å²) in [5.41, 5.74) is 2.39. The molecule has 4 rings (SSSR count). The summed E-state index contributed by atoms with van der Waals surface area (Å²) < 4.78 is 1.76. The maximum absolute atomic E-state index is 12.4. The molecule has 7 heteroatoms. The molecule has 0 unspecified atom stereocenters. The van der Waals surface area contributed by atoms with Crippen LogP contribution >= 0.6 is 0 Å². The normalized spacial score (nSPS) is 14.9. The molecule has 1 saturated heterocycles. The van der Waals surface area contributed by atoms with E-state index in [2.05, 4.69) is 26.5 Å². The Morgan fingerprint density at radius 1 is 1.15 bits per heavy atom. The topological polar surface area (TPSA) is 86.3 Å². The number of pyridine rings is 1. The highest BCUT2D eigenvalue weighted by Crippen LogP contribution is 2.27. The Balaban J connectivity index is 1.34. The Kier molecular flexibility index (Phi) is 4.71. The summed E-state index contributed by atoms with van der Waals surface area (Å²) in [5.74, 6) is 0.745. The van der Waals surface area contributed by atoms with E-state index in [1.807, 2.05) is 48.7 Å². The van der Waals surface area contributed by atoms with Gasteiger partial charge in [-0.05, 0) is 43.0 Å². The zero-order valence-electron chi connectivity index (χ0n) is 14.9. The van der Waals surface area contributed by atoms with E-state index in [1.165, 1.54) is 0 Å². The van der Waals surface area contributed by atoms with Crippen molar-refractivity contribution in [2.75, 3.05) is 23.3 Å². The number of aromatic nitrogens is 3. The molecule has 1 aliphatic heterocycles. The van der Waals surface area contributed by atoms with E-state index in [4.69, 9.17) is 0 Å². The molecule has 0 radical (unpaired) electrons. The predicted octanol–water partition coefficient (Wildman–Crippen LogP) is 2.85. The average Bonchev–Trinajstić information content (AvgIpc) is 3.11. The minimum absolute atomic E-state index is 0.0379. The minimum Gasteiger partial charge on any atom is -0.370 e. The lowest BCUT2D eigenvalue weighted by Crippen LogP contribution is -2.35. The molecule has 1 amide bonds. The second-order valence-electron chi connectivity index (χ2n) is 6.76. The first-order valence-electron chi connectivity index (χ1n) is 9.08. The molecule has 136 valence electrons. The molecule has 0 saturated carbocycles. The molecular weight excluding hydrogens is 340 g/mol. The third-order valence-electron chi connectivity index (χ3n) is 5.02. The van der Waals surface area contributed by atoms with Gasteiger partial charge in [0.05, 0.1) is 11.3 Å². The third kappa shape index (κ3) is 3.60. The number of para-hydroxylation sites is 1. The summed E-state index contributed by atoms with van der Waals surface area (Å²) in [4.78, 5) is 14.7. The monoisotopic (exact) mass is 360 g/mol. The summed E-state index contributed by atoms with van der Waals surface area (Å²) >= 11 is 0. The van der Waals surface area contributed by atoms with E-state index in [9.17, 15) is 10.1 Å². The largest absolute Gasteiger partial charge is 0.370 e. The molecule has 0 spiro atoms. The highest BCUT2D eigenvalue weighted by Gasteiger charge is 2.23. The number of amides is 1. The zero-order valence-corrected chi connectivity index (χ0v) is 14.9. The molecule has 0 atom stereocenters. The van der Waals surface area contributed by atoms with Gasteiger partial charge in [0.1, 0.15) is 6.07 Å². The van der Waals surface area contributed by atoms with Gasteiger partial charge >= 0.3 is 0 Å². The van der Waals surface area contributed by atoms with Gasteiger partial charge in [0.25, 0.3) is 0 Å². The molecule has 7 nitrogen and oxygen atoms in total. The molecule has 1 N–H and O–H groups in total. The smallest absolute Gasteiger partial charge is 0.235 e. The number of hydrogen-bond donors (Lipinski definition) is 1. The number of carbonyl (C=O) groups excluding carboxylic acids is 1. The summed E-state index contributed by atoms with van der Waals surface area (Å²) in [6.07, 6.45) is 4.15. The number of nitriles is 1. The third-order valence-corrected chi connectivity index (χ3v) is 5.02. The minimum atomic E-state index is -0.0379. The van der Waals surface area contributed by atoms with Crippen molar-refractivity contribution in [1.29, 1.82) is 5.26 Å². The molecule has 1 fully saturated rings. The number of nitrogens with zero attached hydrogens (tertiary/aromatic N) is 5. The van der Waals surface area contributed by atoms with Crippen molar-refractivity contribution in [3.8, 4) is 6.07 Å². The fourth-order valence-electron chi connectivity index (χ4n) is 3.59. The SMILES string of the molecule is N#Cc1ccccc1N1CCC(CC(=O)Nc2nnc3ccccn23)CC1. The van der Waals surface area contributed by atoms with E-state index < -0.39 is 0 Å². The van der Waals surface area contributed by atoms with Crippen molar-refractivity contribution >= 4 is 23.2 Å². The van der Waals surface area contributed by atoms with Crippen LogP contribution in [0.25, 0.3) is 5.65 Å². The molecule has 0 aliphatic carbocycles. The molecule has 27 heavy (non-hydrogen) atoms. The molecule has 3 aromatic rings. The zero-order chi connectivity index (χ0) is 18.6. The molecular formula is C20H20N6O. The van der Waals surface area contributed by atoms with Crippen molar-refractivity contribution in [1.82, 2.24) is 14.6 Å². The first kappa shape index (κ1) is 17.0. The lowest BCUT2D eigenvalue weighted by atomic mass is 9.92. The van der Waals surface area contributed by atoms with Crippen LogP contribution in [-0.2, 0) is 4.79 Å². The van der Waals surface area contributed by atoms with E-state index in [1.54, 1.807) is 4.40 Å². The van der Waals surface area contributed by atoms with Crippen LogP contribution in [-0.4, -0.2) is 33.6 Å². The van der Waals surface area contributed by atoms with Crippen LogP contribution < -0.4 is 10.2 Å². The number of rotatable bonds is 4. The van der Waals surface area contributed by atoms with Crippen molar-refractivity contribution in [3.05, 3.63) is 54.2 Å². The number of hydrogen-bond acceptors (Lipinski definition) is 5. The van der Waals surface area contributed by atoms with Crippen LogP contribution in [0.4, 0.5) is 11.6 Å². The van der Waals surface area contributed by atoms with Gasteiger partial charge in [-0.25, -0.2) is 0 Å². The van der Waals surface area contributed by atoms with Crippen LogP contribution in [0, 0.1) is 17.2 Å². The van der Waals surface area contributed by atoms with Gasteiger partial charge in [-0.1, -0.05) is 18.2 Å². The molecule has 0 bridgehead atoms. The van der Waals surface area contributed by atoms with Gasteiger partial charge in [0.15, 0.2) is 5.65 Å². The van der Waals surface area contributed by atoms with Crippen LogP contribution in [0.5, 0.6) is 0 Å². The number of carbonyl (C=O) groups is 1. The summed E-state index contributed by atoms with van der Waals surface area (Å²) in [5, 5.41) is 20.2. The first-order chi connectivity index (χ1) is 13.2. The Bertz CT molecular complexity index is 997. The molecule has 1 aromatic carbocycles. The fourth-order valence-corrected chi connectivity index (χ4v) is 3.59. The number of piperidine rings is 1. The maximum Gasteiger partial charge on any atom is 0.235 e. The van der Waals surface area contributed by atoms with E-state index in [0.717, 1.165) is 31.6 Å². The molecule has 1 aliphatic rings. The number of nitrogens with one attached hydrogen (secondary N) is 1. The standard InChI is InChI=1S/C20H20N6O/c21-14-16-5-1-2-6-17(16)25-11-8-15(9-12-25)13-19(27)22-20-24-23-18-7-3-4-10-26(18)20/h1-7,10,15H,8-9,11-13H2,(H,22,24,27). The first-order valence-corrected chi connectivity index (χ1v) is 9.08. The van der Waals surface area contributed by atoms with Gasteiger partial charge in [-0.15, -0.1) is 10.2 Å².